The van der Waals surface area contributed by atoms with Crippen LogP contribution in [-0.4, -0.2) is 32.4 Å². The highest BCUT2D eigenvalue weighted by molar-refractivity contribution is 5.27. The monoisotopic (exact) mass is 291 g/mol. The molecular weight excluding hydrogens is 262 g/mol. The van der Waals surface area contributed by atoms with Crippen LogP contribution in [0.1, 0.15) is 44.6 Å². The molecule has 0 aromatic heterocycles. The van der Waals surface area contributed by atoms with Crippen molar-refractivity contribution in [3.63, 3.8) is 0 Å². The van der Waals surface area contributed by atoms with Crippen LogP contribution >= 0.6 is 0 Å². The van der Waals surface area contributed by atoms with E-state index in [1.165, 1.54) is 37.7 Å². The molecular formula is C18H29NO2. The Morgan fingerprint density at radius 1 is 1.33 bits per heavy atom. The average Bonchev–Trinajstić information content (AvgIpc) is 3.04. The summed E-state index contributed by atoms with van der Waals surface area (Å²) in [6.07, 6.45) is 7.59. The van der Waals surface area contributed by atoms with Gasteiger partial charge in [-0.15, -0.1) is 0 Å². The Hall–Kier alpha value is -1.06. The Morgan fingerprint density at radius 2 is 2.14 bits per heavy atom. The molecule has 0 spiro atoms. The highest BCUT2D eigenvalue weighted by Crippen LogP contribution is 2.19. The van der Waals surface area contributed by atoms with Crippen molar-refractivity contribution in [1.29, 1.82) is 0 Å². The lowest BCUT2D eigenvalue weighted by molar-refractivity contribution is 0.0995. The molecule has 0 amide bonds. The predicted octanol–water partition coefficient (Wildman–Crippen LogP) is 3.57. The zero-order valence-electron chi connectivity index (χ0n) is 13.4. The van der Waals surface area contributed by atoms with Crippen molar-refractivity contribution in [2.75, 3.05) is 20.3 Å². The molecule has 2 unspecified atom stereocenters. The molecule has 21 heavy (non-hydrogen) atoms. The first-order chi connectivity index (χ1) is 10.3. The summed E-state index contributed by atoms with van der Waals surface area (Å²) in [5, 5.41) is 3.68. The van der Waals surface area contributed by atoms with Gasteiger partial charge in [0, 0.05) is 12.6 Å². The standard InChI is InChI=1S/C18H29NO2/c1-3-12-19-16(8-11-18-5-4-13-21-18)14-15-6-9-17(20-2)10-7-15/h6-7,9-10,16,18-19H,3-5,8,11-14H2,1-2H3. The zero-order chi connectivity index (χ0) is 14.9. The van der Waals surface area contributed by atoms with Crippen LogP contribution in [0.3, 0.4) is 0 Å². The van der Waals surface area contributed by atoms with Crippen molar-refractivity contribution in [3.8, 4) is 5.75 Å². The molecule has 1 aliphatic heterocycles. The fraction of sp³-hybridized carbons (Fsp3) is 0.667. The summed E-state index contributed by atoms with van der Waals surface area (Å²) >= 11 is 0. The van der Waals surface area contributed by atoms with Gasteiger partial charge in [0.1, 0.15) is 5.75 Å². The molecule has 1 aliphatic rings. The highest BCUT2D eigenvalue weighted by Gasteiger charge is 2.18. The first kappa shape index (κ1) is 16.3. The molecule has 1 N–H and O–H groups in total. The van der Waals surface area contributed by atoms with Crippen molar-refractivity contribution in [3.05, 3.63) is 29.8 Å². The van der Waals surface area contributed by atoms with Crippen LogP contribution < -0.4 is 10.1 Å². The van der Waals surface area contributed by atoms with Gasteiger partial charge in [0.05, 0.1) is 13.2 Å². The third-order valence-corrected chi connectivity index (χ3v) is 4.19. The SMILES string of the molecule is CCCNC(CCC1CCCO1)Cc1ccc(OC)cc1. The number of rotatable bonds is 9. The van der Waals surface area contributed by atoms with Gasteiger partial charge in [-0.1, -0.05) is 19.1 Å². The van der Waals surface area contributed by atoms with Gasteiger partial charge in [-0.2, -0.15) is 0 Å². The van der Waals surface area contributed by atoms with Crippen LogP contribution in [0.4, 0.5) is 0 Å². The Balaban J connectivity index is 1.84. The first-order valence-electron chi connectivity index (χ1n) is 8.29. The summed E-state index contributed by atoms with van der Waals surface area (Å²) in [6, 6.07) is 8.98. The topological polar surface area (TPSA) is 30.5 Å². The molecule has 1 aromatic rings. The second-order valence-electron chi connectivity index (χ2n) is 5.92. The maximum Gasteiger partial charge on any atom is 0.118 e. The molecule has 1 saturated heterocycles. The Morgan fingerprint density at radius 3 is 2.76 bits per heavy atom. The van der Waals surface area contributed by atoms with Crippen molar-refractivity contribution in [1.82, 2.24) is 5.32 Å². The summed E-state index contributed by atoms with van der Waals surface area (Å²) in [5.74, 6) is 0.927. The van der Waals surface area contributed by atoms with Crippen LogP contribution in [0.2, 0.25) is 0 Å². The van der Waals surface area contributed by atoms with E-state index >= 15 is 0 Å². The fourth-order valence-electron chi connectivity index (χ4n) is 2.93. The van der Waals surface area contributed by atoms with Gasteiger partial charge >= 0.3 is 0 Å². The first-order valence-corrected chi connectivity index (χ1v) is 8.29. The minimum atomic E-state index is 0.492. The van der Waals surface area contributed by atoms with E-state index in [0.717, 1.165) is 25.3 Å². The van der Waals surface area contributed by atoms with Gasteiger partial charge in [-0.25, -0.2) is 0 Å². The summed E-state index contributed by atoms with van der Waals surface area (Å²) in [5.41, 5.74) is 1.37. The lowest BCUT2D eigenvalue weighted by Crippen LogP contribution is -2.32. The van der Waals surface area contributed by atoms with Crippen LogP contribution in [0.5, 0.6) is 5.75 Å². The van der Waals surface area contributed by atoms with E-state index in [1.807, 2.05) is 12.1 Å². The van der Waals surface area contributed by atoms with E-state index in [1.54, 1.807) is 7.11 Å². The second-order valence-corrected chi connectivity index (χ2v) is 5.92. The van der Waals surface area contributed by atoms with Crippen molar-refractivity contribution < 1.29 is 9.47 Å². The largest absolute Gasteiger partial charge is 0.497 e. The third kappa shape index (κ3) is 5.68. The molecule has 1 fully saturated rings. The van der Waals surface area contributed by atoms with E-state index in [4.69, 9.17) is 9.47 Å². The zero-order valence-corrected chi connectivity index (χ0v) is 13.4. The van der Waals surface area contributed by atoms with E-state index < -0.39 is 0 Å². The van der Waals surface area contributed by atoms with Gasteiger partial charge in [0.25, 0.3) is 0 Å². The maximum absolute atomic E-state index is 5.74. The van der Waals surface area contributed by atoms with Crippen molar-refractivity contribution >= 4 is 0 Å². The molecule has 118 valence electrons. The lowest BCUT2D eigenvalue weighted by Gasteiger charge is -2.20. The van der Waals surface area contributed by atoms with Crippen LogP contribution in [0.15, 0.2) is 24.3 Å². The Kier molecular flexibility index (Phi) is 7.04. The van der Waals surface area contributed by atoms with Crippen LogP contribution in [-0.2, 0) is 11.2 Å². The molecule has 1 aromatic carbocycles. The molecule has 0 saturated carbocycles. The van der Waals surface area contributed by atoms with E-state index in [-0.39, 0.29) is 0 Å². The number of benzene rings is 1. The minimum absolute atomic E-state index is 0.492. The number of hydrogen-bond donors (Lipinski definition) is 1. The molecule has 2 atom stereocenters. The summed E-state index contributed by atoms with van der Waals surface area (Å²) in [6.45, 7) is 4.26. The maximum atomic E-state index is 5.74. The quantitative estimate of drug-likeness (QED) is 0.754. The van der Waals surface area contributed by atoms with Crippen molar-refractivity contribution in [2.24, 2.45) is 0 Å². The molecule has 0 bridgehead atoms. The average molecular weight is 291 g/mol. The third-order valence-electron chi connectivity index (χ3n) is 4.19. The summed E-state index contributed by atoms with van der Waals surface area (Å²) in [7, 11) is 1.71. The molecule has 3 nitrogen and oxygen atoms in total. The molecule has 3 heteroatoms. The van der Waals surface area contributed by atoms with Gasteiger partial charge in [-0.3, -0.25) is 0 Å². The minimum Gasteiger partial charge on any atom is -0.497 e. The van der Waals surface area contributed by atoms with E-state index in [9.17, 15) is 0 Å². The Bertz CT molecular complexity index is 385. The van der Waals surface area contributed by atoms with E-state index in [2.05, 4.69) is 24.4 Å². The smallest absolute Gasteiger partial charge is 0.118 e. The highest BCUT2D eigenvalue weighted by atomic mass is 16.5. The number of ether oxygens (including phenoxy) is 2. The number of methoxy groups -OCH3 is 1. The van der Waals surface area contributed by atoms with Gasteiger partial charge in [0.2, 0.25) is 0 Å². The summed E-state index contributed by atoms with van der Waals surface area (Å²) < 4.78 is 11.0. The number of nitrogens with one attached hydrogen (secondary N) is 1. The van der Waals surface area contributed by atoms with Gasteiger partial charge in [0.15, 0.2) is 0 Å². The molecule has 2 rings (SSSR count). The summed E-state index contributed by atoms with van der Waals surface area (Å²) in [4.78, 5) is 0. The molecule has 1 heterocycles. The van der Waals surface area contributed by atoms with Crippen molar-refractivity contribution in [2.45, 2.75) is 57.6 Å². The van der Waals surface area contributed by atoms with E-state index in [0.29, 0.717) is 12.1 Å². The molecule has 0 radical (unpaired) electrons. The lowest BCUT2D eigenvalue weighted by atomic mass is 9.99. The van der Waals surface area contributed by atoms with Gasteiger partial charge < -0.3 is 14.8 Å². The second kappa shape index (κ2) is 9.06. The Labute approximate surface area is 129 Å². The van der Waals surface area contributed by atoms with Crippen LogP contribution in [0.25, 0.3) is 0 Å². The van der Waals surface area contributed by atoms with Crippen LogP contribution in [0, 0.1) is 0 Å². The van der Waals surface area contributed by atoms with Gasteiger partial charge in [-0.05, 0) is 62.8 Å². The molecule has 0 aliphatic carbocycles. The number of hydrogen-bond acceptors (Lipinski definition) is 3. The fourth-order valence-corrected chi connectivity index (χ4v) is 2.93. The normalized spacial score (nSPS) is 19.6. The predicted molar refractivity (Wildman–Crippen MR) is 87.0 cm³/mol.